The van der Waals surface area contributed by atoms with Crippen molar-refractivity contribution < 1.29 is 19.4 Å². The Hall–Kier alpha value is -1.10. The van der Waals surface area contributed by atoms with E-state index in [1.807, 2.05) is 13.8 Å². The number of aliphatic carboxylic acids is 1. The zero-order chi connectivity index (χ0) is 13.3. The lowest BCUT2D eigenvalue weighted by Gasteiger charge is -2.22. The Kier molecular flexibility index (Phi) is 8.40. The maximum atomic E-state index is 11.9. The van der Waals surface area contributed by atoms with Crippen LogP contribution in [-0.4, -0.2) is 48.7 Å². The second-order valence-corrected chi connectivity index (χ2v) is 4.09. The summed E-state index contributed by atoms with van der Waals surface area (Å²) in [6.07, 6.45) is 2.30. The Balaban J connectivity index is 4.34. The van der Waals surface area contributed by atoms with E-state index < -0.39 is 5.97 Å². The number of carbonyl (C=O) groups is 2. The van der Waals surface area contributed by atoms with Crippen molar-refractivity contribution in [3.8, 4) is 0 Å². The number of hydrogen-bond donors (Lipinski definition) is 1. The first-order chi connectivity index (χ1) is 8.04. The summed E-state index contributed by atoms with van der Waals surface area (Å²) >= 11 is 0. The standard InChI is InChI=1S/C12H23NO4/c1-4-10(5-2)8-11(14)13(6-7-17-3)9-12(15)16/h10H,4-9H2,1-3H3,(H,15,16). The van der Waals surface area contributed by atoms with Gasteiger partial charge in [0.15, 0.2) is 0 Å². The van der Waals surface area contributed by atoms with Crippen molar-refractivity contribution in [2.24, 2.45) is 5.92 Å². The van der Waals surface area contributed by atoms with E-state index in [1.165, 1.54) is 12.0 Å². The lowest BCUT2D eigenvalue weighted by Crippen LogP contribution is -2.38. The molecular weight excluding hydrogens is 222 g/mol. The van der Waals surface area contributed by atoms with Crippen LogP contribution in [0.1, 0.15) is 33.1 Å². The molecule has 0 aliphatic heterocycles. The van der Waals surface area contributed by atoms with Gasteiger partial charge in [-0.05, 0) is 5.92 Å². The number of rotatable bonds is 9. The van der Waals surface area contributed by atoms with Gasteiger partial charge in [-0.2, -0.15) is 0 Å². The summed E-state index contributed by atoms with van der Waals surface area (Å²) in [6.45, 7) is 4.53. The third kappa shape index (κ3) is 6.94. The molecule has 0 heterocycles. The quantitative estimate of drug-likeness (QED) is 0.666. The summed E-state index contributed by atoms with van der Waals surface area (Å²) in [5.74, 6) is -0.751. The number of amides is 1. The normalized spacial score (nSPS) is 10.6. The number of carbonyl (C=O) groups excluding carboxylic acids is 1. The lowest BCUT2D eigenvalue weighted by molar-refractivity contribution is -0.145. The van der Waals surface area contributed by atoms with Gasteiger partial charge in [0.2, 0.25) is 5.91 Å². The van der Waals surface area contributed by atoms with Gasteiger partial charge in [0, 0.05) is 20.1 Å². The highest BCUT2D eigenvalue weighted by Gasteiger charge is 2.19. The largest absolute Gasteiger partial charge is 0.480 e. The van der Waals surface area contributed by atoms with E-state index >= 15 is 0 Å². The molecule has 1 amide bonds. The minimum absolute atomic E-state index is 0.0989. The zero-order valence-corrected chi connectivity index (χ0v) is 10.9. The summed E-state index contributed by atoms with van der Waals surface area (Å²) in [6, 6.07) is 0. The van der Waals surface area contributed by atoms with Crippen molar-refractivity contribution in [1.29, 1.82) is 0 Å². The van der Waals surface area contributed by atoms with Gasteiger partial charge >= 0.3 is 5.97 Å². The molecule has 0 aliphatic carbocycles. The van der Waals surface area contributed by atoms with Crippen molar-refractivity contribution in [2.75, 3.05) is 26.8 Å². The molecule has 0 aromatic carbocycles. The van der Waals surface area contributed by atoms with E-state index in [9.17, 15) is 9.59 Å². The second kappa shape index (κ2) is 8.98. The first-order valence-electron chi connectivity index (χ1n) is 6.03. The third-order valence-electron chi connectivity index (χ3n) is 2.86. The number of carboxylic acids is 1. The number of hydrogen-bond acceptors (Lipinski definition) is 3. The van der Waals surface area contributed by atoms with E-state index in [1.54, 1.807) is 0 Å². The van der Waals surface area contributed by atoms with E-state index in [2.05, 4.69) is 0 Å². The van der Waals surface area contributed by atoms with Crippen molar-refractivity contribution in [2.45, 2.75) is 33.1 Å². The van der Waals surface area contributed by atoms with Gasteiger partial charge in [0.25, 0.3) is 0 Å². The van der Waals surface area contributed by atoms with Gasteiger partial charge in [-0.15, -0.1) is 0 Å². The highest BCUT2D eigenvalue weighted by Crippen LogP contribution is 2.14. The van der Waals surface area contributed by atoms with Crippen molar-refractivity contribution >= 4 is 11.9 Å². The predicted molar refractivity (Wildman–Crippen MR) is 64.8 cm³/mol. The Morgan fingerprint density at radius 2 is 1.88 bits per heavy atom. The minimum Gasteiger partial charge on any atom is -0.480 e. The van der Waals surface area contributed by atoms with Crippen LogP contribution in [0.25, 0.3) is 0 Å². The van der Waals surface area contributed by atoms with Crippen LogP contribution in [0.15, 0.2) is 0 Å². The van der Waals surface area contributed by atoms with Gasteiger partial charge in [-0.25, -0.2) is 0 Å². The molecule has 17 heavy (non-hydrogen) atoms. The van der Waals surface area contributed by atoms with Gasteiger partial charge < -0.3 is 14.7 Å². The van der Waals surface area contributed by atoms with Crippen LogP contribution >= 0.6 is 0 Å². The molecule has 0 saturated carbocycles. The summed E-state index contributed by atoms with van der Waals surface area (Å²) in [4.78, 5) is 23.9. The molecule has 0 aromatic heterocycles. The van der Waals surface area contributed by atoms with Crippen molar-refractivity contribution in [3.05, 3.63) is 0 Å². The van der Waals surface area contributed by atoms with Crippen LogP contribution < -0.4 is 0 Å². The molecule has 0 rings (SSSR count). The van der Waals surface area contributed by atoms with E-state index in [-0.39, 0.29) is 12.5 Å². The molecule has 0 aromatic rings. The van der Waals surface area contributed by atoms with Crippen LogP contribution in [0.4, 0.5) is 0 Å². The van der Waals surface area contributed by atoms with Gasteiger partial charge in [-0.1, -0.05) is 26.7 Å². The smallest absolute Gasteiger partial charge is 0.323 e. The van der Waals surface area contributed by atoms with Crippen LogP contribution in [0, 0.1) is 5.92 Å². The number of methoxy groups -OCH3 is 1. The molecule has 1 N–H and O–H groups in total. The molecule has 0 aliphatic rings. The molecule has 0 atom stereocenters. The Morgan fingerprint density at radius 1 is 1.29 bits per heavy atom. The van der Waals surface area contributed by atoms with Crippen LogP contribution in [0.2, 0.25) is 0 Å². The van der Waals surface area contributed by atoms with E-state index in [4.69, 9.17) is 9.84 Å². The fourth-order valence-corrected chi connectivity index (χ4v) is 1.61. The number of ether oxygens (including phenoxy) is 1. The molecule has 100 valence electrons. The van der Waals surface area contributed by atoms with Crippen LogP contribution in [0.5, 0.6) is 0 Å². The average molecular weight is 245 g/mol. The molecular formula is C12H23NO4. The van der Waals surface area contributed by atoms with Crippen LogP contribution in [-0.2, 0) is 14.3 Å². The lowest BCUT2D eigenvalue weighted by atomic mass is 9.99. The predicted octanol–water partition coefficient (Wildman–Crippen LogP) is 1.37. The molecule has 5 nitrogen and oxygen atoms in total. The van der Waals surface area contributed by atoms with Gasteiger partial charge in [0.1, 0.15) is 6.54 Å². The summed E-state index contributed by atoms with van der Waals surface area (Å²) < 4.78 is 4.87. The average Bonchev–Trinajstić information content (AvgIpc) is 2.30. The Labute approximate surface area is 103 Å². The molecule has 0 radical (unpaired) electrons. The van der Waals surface area contributed by atoms with Crippen LogP contribution in [0.3, 0.4) is 0 Å². The molecule has 0 spiro atoms. The molecule has 0 fully saturated rings. The molecule has 0 saturated heterocycles. The van der Waals surface area contributed by atoms with E-state index in [0.29, 0.717) is 25.5 Å². The second-order valence-electron chi connectivity index (χ2n) is 4.09. The first kappa shape index (κ1) is 15.9. The zero-order valence-electron chi connectivity index (χ0n) is 10.9. The maximum absolute atomic E-state index is 11.9. The van der Waals surface area contributed by atoms with Gasteiger partial charge in [-0.3, -0.25) is 9.59 Å². The summed E-state index contributed by atoms with van der Waals surface area (Å²) in [5, 5.41) is 8.75. The molecule has 5 heteroatoms. The van der Waals surface area contributed by atoms with Crippen molar-refractivity contribution in [1.82, 2.24) is 4.90 Å². The highest BCUT2D eigenvalue weighted by molar-refractivity contribution is 5.81. The van der Waals surface area contributed by atoms with Crippen molar-refractivity contribution in [3.63, 3.8) is 0 Å². The fraction of sp³-hybridized carbons (Fsp3) is 0.833. The molecule has 0 bridgehead atoms. The number of carboxylic acid groups (broad SMARTS) is 1. The first-order valence-corrected chi connectivity index (χ1v) is 6.03. The molecule has 0 unspecified atom stereocenters. The summed E-state index contributed by atoms with van der Waals surface area (Å²) in [7, 11) is 1.53. The number of nitrogens with zero attached hydrogens (tertiary/aromatic N) is 1. The third-order valence-corrected chi connectivity index (χ3v) is 2.86. The maximum Gasteiger partial charge on any atom is 0.323 e. The minimum atomic E-state index is -0.987. The Bertz CT molecular complexity index is 239. The van der Waals surface area contributed by atoms with Gasteiger partial charge in [0.05, 0.1) is 6.61 Å². The topological polar surface area (TPSA) is 66.8 Å². The monoisotopic (exact) mass is 245 g/mol. The fourth-order valence-electron chi connectivity index (χ4n) is 1.61. The van der Waals surface area contributed by atoms with E-state index in [0.717, 1.165) is 12.8 Å². The SMILES string of the molecule is CCC(CC)CC(=O)N(CCOC)CC(=O)O. The summed E-state index contributed by atoms with van der Waals surface area (Å²) in [5.41, 5.74) is 0. The Morgan fingerprint density at radius 3 is 2.29 bits per heavy atom. The highest BCUT2D eigenvalue weighted by atomic mass is 16.5.